The van der Waals surface area contributed by atoms with Crippen molar-refractivity contribution < 1.29 is 4.79 Å². The Labute approximate surface area is 127 Å². The van der Waals surface area contributed by atoms with E-state index >= 15 is 0 Å². The number of thiophene rings is 1. The number of para-hydroxylation sites is 2. The highest BCUT2D eigenvalue weighted by molar-refractivity contribution is 7.14. The van der Waals surface area contributed by atoms with Gasteiger partial charge in [0.25, 0.3) is 5.91 Å². The maximum absolute atomic E-state index is 12.2. The third-order valence-corrected chi connectivity index (χ3v) is 4.63. The van der Waals surface area contributed by atoms with E-state index in [1.807, 2.05) is 43.3 Å². The maximum Gasteiger partial charge on any atom is 0.261 e. The van der Waals surface area contributed by atoms with Gasteiger partial charge in [0.05, 0.1) is 22.0 Å². The van der Waals surface area contributed by atoms with Gasteiger partial charge in [0.2, 0.25) is 0 Å². The van der Waals surface area contributed by atoms with E-state index in [0.717, 1.165) is 28.2 Å². The van der Waals surface area contributed by atoms with E-state index in [4.69, 9.17) is 0 Å². The molecule has 5 heteroatoms. The predicted octanol–water partition coefficient (Wildman–Crippen LogP) is 3.68. The number of benzene rings is 1. The van der Waals surface area contributed by atoms with E-state index in [9.17, 15) is 4.79 Å². The van der Waals surface area contributed by atoms with Gasteiger partial charge in [-0.1, -0.05) is 19.1 Å². The highest BCUT2D eigenvalue weighted by Crippen LogP contribution is 2.19. The number of hydrogen-bond acceptors (Lipinski definition) is 3. The minimum atomic E-state index is -0.155. The van der Waals surface area contributed by atoms with Crippen LogP contribution >= 0.6 is 11.3 Å². The second-order valence-electron chi connectivity index (χ2n) is 4.95. The fraction of sp³-hybridized carbons (Fsp3) is 0.250. The first-order valence-electron chi connectivity index (χ1n) is 7.01. The average Bonchev–Trinajstić information content (AvgIpc) is 3.13. The minimum Gasteiger partial charge on any atom is -0.342 e. The van der Waals surface area contributed by atoms with Crippen molar-refractivity contribution in [2.24, 2.45) is 0 Å². The lowest BCUT2D eigenvalue weighted by Gasteiger charge is -2.10. The molecule has 4 nitrogen and oxygen atoms in total. The van der Waals surface area contributed by atoms with Crippen LogP contribution in [-0.4, -0.2) is 15.9 Å². The van der Waals surface area contributed by atoms with Gasteiger partial charge in [0, 0.05) is 4.88 Å². The van der Waals surface area contributed by atoms with Gasteiger partial charge in [-0.3, -0.25) is 4.79 Å². The topological polar surface area (TPSA) is 57.8 Å². The van der Waals surface area contributed by atoms with Gasteiger partial charge in [-0.05, 0) is 37.6 Å². The fourth-order valence-electron chi connectivity index (χ4n) is 2.20. The Morgan fingerprint density at radius 3 is 2.86 bits per heavy atom. The number of nitrogens with zero attached hydrogens (tertiary/aromatic N) is 1. The lowest BCUT2D eigenvalue weighted by atomic mass is 10.3. The Bertz CT molecular complexity index is 742. The van der Waals surface area contributed by atoms with Crippen molar-refractivity contribution in [3.63, 3.8) is 0 Å². The number of carbonyl (C=O) groups excluding carboxylic acids is 1. The molecule has 21 heavy (non-hydrogen) atoms. The molecule has 108 valence electrons. The molecule has 0 aliphatic heterocycles. The summed E-state index contributed by atoms with van der Waals surface area (Å²) in [6.07, 6.45) is 0.955. The van der Waals surface area contributed by atoms with Crippen molar-refractivity contribution in [2.75, 3.05) is 0 Å². The zero-order valence-corrected chi connectivity index (χ0v) is 12.8. The highest BCUT2D eigenvalue weighted by Gasteiger charge is 2.15. The molecule has 0 aliphatic rings. The molecule has 2 aromatic heterocycles. The molecule has 2 N–H and O–H groups in total. The van der Waals surface area contributed by atoms with Gasteiger partial charge in [-0.15, -0.1) is 11.3 Å². The smallest absolute Gasteiger partial charge is 0.261 e. The Morgan fingerprint density at radius 1 is 1.33 bits per heavy atom. The van der Waals surface area contributed by atoms with Crippen LogP contribution in [0.25, 0.3) is 11.0 Å². The summed E-state index contributed by atoms with van der Waals surface area (Å²) in [7, 11) is 0. The van der Waals surface area contributed by atoms with Gasteiger partial charge < -0.3 is 10.3 Å². The Kier molecular flexibility index (Phi) is 3.75. The van der Waals surface area contributed by atoms with Crippen molar-refractivity contribution >= 4 is 28.3 Å². The number of nitrogens with one attached hydrogen (secondary N) is 2. The molecular formula is C16H17N3OS. The van der Waals surface area contributed by atoms with Crippen LogP contribution in [0.4, 0.5) is 0 Å². The van der Waals surface area contributed by atoms with Crippen LogP contribution in [0.5, 0.6) is 0 Å². The lowest BCUT2D eigenvalue weighted by molar-refractivity contribution is 0.0942. The first kappa shape index (κ1) is 13.8. The Hall–Kier alpha value is -2.14. The molecule has 0 spiro atoms. The molecule has 2 heterocycles. The molecule has 1 unspecified atom stereocenters. The molecule has 0 fully saturated rings. The summed E-state index contributed by atoms with van der Waals surface area (Å²) in [5.41, 5.74) is 1.90. The molecule has 1 aromatic carbocycles. The first-order chi connectivity index (χ1) is 10.2. The molecule has 0 saturated carbocycles. The van der Waals surface area contributed by atoms with Crippen molar-refractivity contribution in [3.05, 3.63) is 52.0 Å². The number of fused-ring (bicyclic) bond motifs is 1. The zero-order chi connectivity index (χ0) is 14.8. The lowest BCUT2D eigenvalue weighted by Crippen LogP contribution is -2.26. The number of carbonyl (C=O) groups is 1. The minimum absolute atomic E-state index is 0.0485. The monoisotopic (exact) mass is 299 g/mol. The predicted molar refractivity (Wildman–Crippen MR) is 85.7 cm³/mol. The normalized spacial score (nSPS) is 12.5. The van der Waals surface area contributed by atoms with Crippen LogP contribution in [0, 0.1) is 0 Å². The molecule has 0 radical (unpaired) electrons. The summed E-state index contributed by atoms with van der Waals surface area (Å²) in [6, 6.07) is 11.6. The van der Waals surface area contributed by atoms with E-state index in [2.05, 4.69) is 22.2 Å². The quantitative estimate of drug-likeness (QED) is 0.772. The summed E-state index contributed by atoms with van der Waals surface area (Å²) < 4.78 is 0. The van der Waals surface area contributed by atoms with Gasteiger partial charge in [0.1, 0.15) is 5.82 Å². The maximum atomic E-state index is 12.2. The average molecular weight is 299 g/mol. The number of imidazole rings is 1. The number of aromatic amines is 1. The van der Waals surface area contributed by atoms with E-state index in [1.165, 1.54) is 4.88 Å². The van der Waals surface area contributed by atoms with Crippen LogP contribution in [0.3, 0.4) is 0 Å². The number of aryl methyl sites for hydroxylation is 1. The third kappa shape index (κ3) is 2.83. The summed E-state index contributed by atoms with van der Waals surface area (Å²) in [5, 5.41) is 2.99. The molecule has 3 rings (SSSR count). The summed E-state index contributed by atoms with van der Waals surface area (Å²) in [4.78, 5) is 22.0. The summed E-state index contributed by atoms with van der Waals surface area (Å²) >= 11 is 1.54. The number of hydrogen-bond donors (Lipinski definition) is 2. The number of amides is 1. The first-order valence-corrected chi connectivity index (χ1v) is 7.83. The highest BCUT2D eigenvalue weighted by atomic mass is 32.1. The SMILES string of the molecule is CCc1ccc(C(=O)NC(C)c2nc3ccccc3[nH]2)s1. The third-order valence-electron chi connectivity index (χ3n) is 3.40. The van der Waals surface area contributed by atoms with Crippen molar-refractivity contribution in [1.82, 2.24) is 15.3 Å². The van der Waals surface area contributed by atoms with E-state index in [-0.39, 0.29) is 11.9 Å². The van der Waals surface area contributed by atoms with Gasteiger partial charge in [0.15, 0.2) is 0 Å². The van der Waals surface area contributed by atoms with Gasteiger partial charge in [-0.25, -0.2) is 4.98 Å². The summed E-state index contributed by atoms with van der Waals surface area (Å²) in [6.45, 7) is 4.02. The second-order valence-corrected chi connectivity index (χ2v) is 6.12. The molecule has 0 aliphatic carbocycles. The second kappa shape index (κ2) is 5.69. The standard InChI is InChI=1S/C16H17N3OS/c1-3-11-8-9-14(21-11)16(20)17-10(2)15-18-12-6-4-5-7-13(12)19-15/h4-10H,3H2,1-2H3,(H,17,20)(H,18,19). The van der Waals surface area contributed by atoms with Crippen molar-refractivity contribution in [3.8, 4) is 0 Å². The van der Waals surface area contributed by atoms with Crippen LogP contribution in [0.15, 0.2) is 36.4 Å². The van der Waals surface area contributed by atoms with Gasteiger partial charge in [-0.2, -0.15) is 0 Å². The van der Waals surface area contributed by atoms with Crippen molar-refractivity contribution in [2.45, 2.75) is 26.3 Å². The molecule has 1 amide bonds. The summed E-state index contributed by atoms with van der Waals surface area (Å²) in [5.74, 6) is 0.726. The number of aromatic nitrogens is 2. The van der Waals surface area contributed by atoms with Crippen LogP contribution in [0.2, 0.25) is 0 Å². The molecule has 0 bridgehead atoms. The number of rotatable bonds is 4. The van der Waals surface area contributed by atoms with Gasteiger partial charge >= 0.3 is 0 Å². The Balaban J connectivity index is 1.75. The van der Waals surface area contributed by atoms with E-state index in [0.29, 0.717) is 0 Å². The fourth-order valence-corrected chi connectivity index (χ4v) is 3.05. The van der Waals surface area contributed by atoms with Crippen LogP contribution in [0.1, 0.15) is 40.3 Å². The molecule has 0 saturated heterocycles. The molecule has 1 atom stereocenters. The molecular weight excluding hydrogens is 282 g/mol. The molecule has 3 aromatic rings. The number of H-pyrrole nitrogens is 1. The zero-order valence-electron chi connectivity index (χ0n) is 12.0. The van der Waals surface area contributed by atoms with Crippen LogP contribution < -0.4 is 5.32 Å². The van der Waals surface area contributed by atoms with E-state index in [1.54, 1.807) is 11.3 Å². The van der Waals surface area contributed by atoms with Crippen LogP contribution in [-0.2, 0) is 6.42 Å². The largest absolute Gasteiger partial charge is 0.342 e. The van der Waals surface area contributed by atoms with E-state index < -0.39 is 0 Å². The van der Waals surface area contributed by atoms with Crippen molar-refractivity contribution in [1.29, 1.82) is 0 Å². The Morgan fingerprint density at radius 2 is 2.14 bits per heavy atom.